The topological polar surface area (TPSA) is 51.2 Å². The number of esters is 1. The van der Waals surface area contributed by atoms with Gasteiger partial charge < -0.3 is 10.1 Å². The van der Waals surface area contributed by atoms with Gasteiger partial charge in [-0.2, -0.15) is 0 Å². The number of rotatable bonds is 2. The first-order valence-electron chi connectivity index (χ1n) is 7.94. The highest BCUT2D eigenvalue weighted by Gasteiger charge is 2.41. The van der Waals surface area contributed by atoms with Crippen LogP contribution in [0.2, 0.25) is 5.02 Å². The number of anilines is 1. The van der Waals surface area contributed by atoms with E-state index in [1.807, 2.05) is 12.3 Å². The molecule has 0 radical (unpaired) electrons. The lowest BCUT2D eigenvalue weighted by Gasteiger charge is -2.38. The van der Waals surface area contributed by atoms with Crippen LogP contribution in [0.1, 0.15) is 39.9 Å². The zero-order valence-corrected chi connectivity index (χ0v) is 14.0. The normalized spacial score (nSPS) is 24.0. The molecule has 1 aliphatic heterocycles. The summed E-state index contributed by atoms with van der Waals surface area (Å²) in [6.07, 6.45) is 8.96. The van der Waals surface area contributed by atoms with Crippen molar-refractivity contribution in [2.45, 2.75) is 18.4 Å². The molecule has 0 fully saturated rings. The second kappa shape index (κ2) is 5.95. The van der Waals surface area contributed by atoms with E-state index in [4.69, 9.17) is 16.3 Å². The van der Waals surface area contributed by atoms with Crippen molar-refractivity contribution in [3.05, 3.63) is 70.5 Å². The molecule has 2 heterocycles. The molecular formula is C19H17ClN2O2. The predicted octanol–water partition coefficient (Wildman–Crippen LogP) is 4.35. The van der Waals surface area contributed by atoms with Crippen LogP contribution in [-0.2, 0) is 4.74 Å². The van der Waals surface area contributed by atoms with Crippen LogP contribution < -0.4 is 5.32 Å². The van der Waals surface area contributed by atoms with Crippen LogP contribution in [0, 0.1) is 5.92 Å². The van der Waals surface area contributed by atoms with Gasteiger partial charge in [0.05, 0.1) is 29.4 Å². The quantitative estimate of drug-likeness (QED) is 0.652. The Morgan fingerprint density at radius 2 is 2.25 bits per heavy atom. The Morgan fingerprint density at radius 3 is 3.00 bits per heavy atom. The number of hydrogen-bond donors (Lipinski definition) is 1. The number of halogens is 1. The molecule has 2 aliphatic rings. The summed E-state index contributed by atoms with van der Waals surface area (Å²) in [6, 6.07) is 7.62. The van der Waals surface area contributed by atoms with E-state index in [2.05, 4.69) is 28.5 Å². The Labute approximate surface area is 145 Å². The summed E-state index contributed by atoms with van der Waals surface area (Å²) in [5.74, 6) is 0.131. The van der Waals surface area contributed by atoms with Crippen molar-refractivity contribution >= 4 is 23.3 Å². The van der Waals surface area contributed by atoms with E-state index in [-0.39, 0.29) is 17.9 Å². The highest BCUT2D eigenvalue weighted by Crippen LogP contribution is 2.52. The maximum atomic E-state index is 12.2. The minimum absolute atomic E-state index is 0.108. The molecule has 1 aromatic heterocycles. The second-order valence-electron chi connectivity index (χ2n) is 6.14. The van der Waals surface area contributed by atoms with E-state index >= 15 is 0 Å². The lowest BCUT2D eigenvalue weighted by atomic mass is 9.75. The molecule has 24 heavy (non-hydrogen) atoms. The average Bonchev–Trinajstić information content (AvgIpc) is 3.11. The first-order chi connectivity index (χ1) is 11.7. The van der Waals surface area contributed by atoms with E-state index in [9.17, 15) is 4.79 Å². The van der Waals surface area contributed by atoms with Gasteiger partial charge in [0, 0.05) is 18.3 Å². The molecule has 0 bridgehead atoms. The minimum Gasteiger partial charge on any atom is -0.465 e. The third kappa shape index (κ3) is 2.29. The Hall–Kier alpha value is -2.33. The van der Waals surface area contributed by atoms with Crippen molar-refractivity contribution in [3.63, 3.8) is 0 Å². The summed E-state index contributed by atoms with van der Waals surface area (Å²) in [5.41, 5.74) is 3.46. The zero-order valence-electron chi connectivity index (χ0n) is 13.2. The number of nitrogens with zero attached hydrogens (tertiary/aromatic N) is 1. The SMILES string of the molecule is COC(=O)c1ccc(Cl)c2c1[C@@H]1C=CC[C@H]1[C@@H](c1cccnc1)N2. The third-order valence-electron chi connectivity index (χ3n) is 4.92. The molecule has 1 N–H and O–H groups in total. The summed E-state index contributed by atoms with van der Waals surface area (Å²) in [6.45, 7) is 0. The molecule has 0 saturated heterocycles. The molecule has 122 valence electrons. The number of carbonyl (C=O) groups is 1. The maximum Gasteiger partial charge on any atom is 0.338 e. The lowest BCUT2D eigenvalue weighted by molar-refractivity contribution is 0.0598. The average molecular weight is 341 g/mol. The third-order valence-corrected chi connectivity index (χ3v) is 5.23. The van der Waals surface area contributed by atoms with E-state index in [1.54, 1.807) is 18.3 Å². The first kappa shape index (κ1) is 15.2. The number of hydrogen-bond acceptors (Lipinski definition) is 4. The number of benzene rings is 1. The van der Waals surface area contributed by atoms with Gasteiger partial charge in [0.15, 0.2) is 0 Å². The minimum atomic E-state index is -0.330. The molecule has 4 nitrogen and oxygen atoms in total. The van der Waals surface area contributed by atoms with Crippen molar-refractivity contribution in [2.24, 2.45) is 5.92 Å². The number of nitrogens with one attached hydrogen (secondary N) is 1. The Kier molecular flexibility index (Phi) is 3.77. The van der Waals surface area contributed by atoms with Gasteiger partial charge in [-0.3, -0.25) is 4.98 Å². The van der Waals surface area contributed by atoms with Gasteiger partial charge in [0.1, 0.15) is 0 Å². The molecule has 0 amide bonds. The summed E-state index contributed by atoms with van der Waals surface area (Å²) in [5, 5.41) is 4.17. The maximum absolute atomic E-state index is 12.2. The van der Waals surface area contributed by atoms with Crippen LogP contribution in [0.15, 0.2) is 48.8 Å². The fourth-order valence-electron chi connectivity index (χ4n) is 3.85. The van der Waals surface area contributed by atoms with Crippen molar-refractivity contribution in [1.29, 1.82) is 0 Å². The van der Waals surface area contributed by atoms with Gasteiger partial charge in [-0.05, 0) is 41.7 Å². The zero-order chi connectivity index (χ0) is 16.7. The van der Waals surface area contributed by atoms with Crippen molar-refractivity contribution in [1.82, 2.24) is 4.98 Å². The number of ether oxygens (including phenoxy) is 1. The number of pyridine rings is 1. The Morgan fingerprint density at radius 1 is 1.38 bits per heavy atom. The Balaban J connectivity index is 1.87. The molecule has 5 heteroatoms. The fraction of sp³-hybridized carbons (Fsp3) is 0.263. The van der Waals surface area contributed by atoms with Crippen molar-refractivity contribution < 1.29 is 9.53 Å². The van der Waals surface area contributed by atoms with E-state index in [1.165, 1.54) is 7.11 Å². The molecule has 0 unspecified atom stereocenters. The number of carbonyl (C=O) groups excluding carboxylic acids is 1. The second-order valence-corrected chi connectivity index (χ2v) is 6.54. The molecular weight excluding hydrogens is 324 g/mol. The van der Waals surface area contributed by atoms with Gasteiger partial charge >= 0.3 is 5.97 Å². The smallest absolute Gasteiger partial charge is 0.338 e. The van der Waals surface area contributed by atoms with Gasteiger partial charge in [0.25, 0.3) is 0 Å². The summed E-state index contributed by atoms with van der Waals surface area (Å²) in [7, 11) is 1.40. The van der Waals surface area contributed by atoms with Crippen LogP contribution in [0.25, 0.3) is 0 Å². The van der Waals surface area contributed by atoms with Gasteiger partial charge in [-0.1, -0.05) is 29.8 Å². The van der Waals surface area contributed by atoms with Crippen molar-refractivity contribution in [3.8, 4) is 0 Å². The van der Waals surface area contributed by atoms with Crippen LogP contribution in [-0.4, -0.2) is 18.1 Å². The van der Waals surface area contributed by atoms with Crippen LogP contribution in [0.4, 0.5) is 5.69 Å². The van der Waals surface area contributed by atoms with Crippen LogP contribution in [0.3, 0.4) is 0 Å². The first-order valence-corrected chi connectivity index (χ1v) is 8.32. The molecule has 2 aromatic rings. The highest BCUT2D eigenvalue weighted by molar-refractivity contribution is 6.33. The molecule has 1 aliphatic carbocycles. The van der Waals surface area contributed by atoms with Gasteiger partial charge in [-0.25, -0.2) is 4.79 Å². The molecule has 0 spiro atoms. The van der Waals surface area contributed by atoms with Gasteiger partial charge in [0.2, 0.25) is 0 Å². The van der Waals surface area contributed by atoms with Crippen molar-refractivity contribution in [2.75, 3.05) is 12.4 Å². The fourth-order valence-corrected chi connectivity index (χ4v) is 4.07. The number of fused-ring (bicyclic) bond motifs is 3. The lowest BCUT2D eigenvalue weighted by Crippen LogP contribution is -2.30. The molecule has 0 saturated carbocycles. The number of methoxy groups -OCH3 is 1. The predicted molar refractivity (Wildman–Crippen MR) is 93.4 cm³/mol. The molecule has 1 aromatic carbocycles. The van der Waals surface area contributed by atoms with Crippen LogP contribution in [0.5, 0.6) is 0 Å². The van der Waals surface area contributed by atoms with Crippen LogP contribution >= 0.6 is 11.6 Å². The van der Waals surface area contributed by atoms with E-state index < -0.39 is 0 Å². The number of aromatic nitrogens is 1. The van der Waals surface area contributed by atoms with E-state index in [0.29, 0.717) is 16.5 Å². The summed E-state index contributed by atoms with van der Waals surface area (Å²) < 4.78 is 4.96. The Bertz CT molecular complexity index is 820. The summed E-state index contributed by atoms with van der Waals surface area (Å²) in [4.78, 5) is 16.5. The van der Waals surface area contributed by atoms with Gasteiger partial charge in [-0.15, -0.1) is 0 Å². The molecule has 3 atom stereocenters. The highest BCUT2D eigenvalue weighted by atomic mass is 35.5. The summed E-state index contributed by atoms with van der Waals surface area (Å²) >= 11 is 6.45. The monoisotopic (exact) mass is 340 g/mol. The largest absolute Gasteiger partial charge is 0.465 e. The van der Waals surface area contributed by atoms with E-state index in [0.717, 1.165) is 23.2 Å². The molecule has 4 rings (SSSR count). The standard InChI is InChI=1S/C19H17ClN2O2/c1-24-19(23)14-7-8-15(20)18-16(14)12-5-2-6-13(12)17(22-18)11-4-3-9-21-10-11/h2-5,7-10,12-13,17,22H,6H2,1H3/t12-,13-,17-/m1/s1. The number of allylic oxidation sites excluding steroid dienone is 2.